The maximum Gasteiger partial charge on any atom is 0.0602 e. The van der Waals surface area contributed by atoms with E-state index >= 15 is 0 Å². The zero-order chi connectivity index (χ0) is 10.2. The molecule has 82 valence electrons. The maximum absolute atomic E-state index is 6.09. The van der Waals surface area contributed by atoms with Crippen molar-refractivity contribution < 1.29 is 4.74 Å². The van der Waals surface area contributed by atoms with E-state index in [1.54, 1.807) is 0 Å². The van der Waals surface area contributed by atoms with Crippen LogP contribution >= 0.6 is 0 Å². The van der Waals surface area contributed by atoms with E-state index < -0.39 is 0 Å². The van der Waals surface area contributed by atoms with Crippen molar-refractivity contribution in [1.29, 1.82) is 0 Å². The molecule has 0 aromatic heterocycles. The van der Waals surface area contributed by atoms with Gasteiger partial charge in [0.2, 0.25) is 0 Å². The average Bonchev–Trinajstić information content (AvgIpc) is 2.60. The van der Waals surface area contributed by atoms with E-state index in [9.17, 15) is 0 Å². The molecule has 14 heavy (non-hydrogen) atoms. The summed E-state index contributed by atoms with van der Waals surface area (Å²) >= 11 is 0. The molecule has 2 aliphatic rings. The van der Waals surface area contributed by atoms with Gasteiger partial charge in [-0.25, -0.2) is 0 Å². The first-order valence-corrected chi connectivity index (χ1v) is 6.17. The van der Waals surface area contributed by atoms with Crippen LogP contribution in [0.2, 0.25) is 0 Å². The highest BCUT2D eigenvalue weighted by molar-refractivity contribution is 4.93. The molecule has 0 aromatic rings. The minimum Gasteiger partial charge on any atom is -0.373 e. The van der Waals surface area contributed by atoms with Gasteiger partial charge in [0.15, 0.2) is 0 Å². The van der Waals surface area contributed by atoms with Crippen LogP contribution in [0.3, 0.4) is 0 Å². The molecule has 1 nitrogen and oxygen atoms in total. The Kier molecular flexibility index (Phi) is 2.63. The maximum atomic E-state index is 6.09. The summed E-state index contributed by atoms with van der Waals surface area (Å²) in [5.41, 5.74) is 0.755. The van der Waals surface area contributed by atoms with Gasteiger partial charge in [0, 0.05) is 0 Å². The van der Waals surface area contributed by atoms with E-state index in [2.05, 4.69) is 20.8 Å². The largest absolute Gasteiger partial charge is 0.373 e. The summed E-state index contributed by atoms with van der Waals surface area (Å²) in [7, 11) is 0. The lowest BCUT2D eigenvalue weighted by Gasteiger charge is -2.27. The molecule has 1 atom stereocenters. The second kappa shape index (κ2) is 3.52. The van der Waals surface area contributed by atoms with Crippen molar-refractivity contribution in [2.75, 3.05) is 0 Å². The van der Waals surface area contributed by atoms with Crippen molar-refractivity contribution >= 4 is 0 Å². The third-order valence-corrected chi connectivity index (χ3v) is 3.84. The van der Waals surface area contributed by atoms with Crippen molar-refractivity contribution in [2.45, 2.75) is 77.4 Å². The quantitative estimate of drug-likeness (QED) is 0.617. The molecule has 0 aromatic carbocycles. The first-order valence-electron chi connectivity index (χ1n) is 6.17. The number of hydrogen-bond donors (Lipinski definition) is 0. The van der Waals surface area contributed by atoms with Gasteiger partial charge in [-0.3, -0.25) is 0 Å². The molecule has 0 radical (unpaired) electrons. The van der Waals surface area contributed by atoms with Crippen LogP contribution in [0.5, 0.6) is 0 Å². The molecule has 2 rings (SSSR count). The van der Waals surface area contributed by atoms with Gasteiger partial charge < -0.3 is 4.74 Å². The summed E-state index contributed by atoms with van der Waals surface area (Å²) in [6.07, 6.45) is 10.5. The standard InChI is InChI=1S/C13H24O/c1-12(2,3)14-11-6-9-13(10-11)7-4-5-8-13/h11H,4-10H2,1-3H3. The summed E-state index contributed by atoms with van der Waals surface area (Å²) in [5, 5.41) is 0. The summed E-state index contributed by atoms with van der Waals surface area (Å²) in [6, 6.07) is 0. The van der Waals surface area contributed by atoms with Gasteiger partial charge in [-0.1, -0.05) is 12.8 Å². The monoisotopic (exact) mass is 196 g/mol. The highest BCUT2D eigenvalue weighted by Gasteiger charge is 2.42. The summed E-state index contributed by atoms with van der Waals surface area (Å²) < 4.78 is 6.09. The van der Waals surface area contributed by atoms with Crippen molar-refractivity contribution in [3.8, 4) is 0 Å². The van der Waals surface area contributed by atoms with Gasteiger partial charge in [0.1, 0.15) is 0 Å². The molecular formula is C13H24O. The first kappa shape index (κ1) is 10.5. The average molecular weight is 196 g/mol. The fraction of sp³-hybridized carbons (Fsp3) is 1.00. The fourth-order valence-corrected chi connectivity index (χ4v) is 3.33. The number of hydrogen-bond acceptors (Lipinski definition) is 1. The normalized spacial score (nSPS) is 31.5. The lowest BCUT2D eigenvalue weighted by atomic mass is 9.84. The van der Waals surface area contributed by atoms with E-state index in [4.69, 9.17) is 4.74 Å². The van der Waals surface area contributed by atoms with Crippen molar-refractivity contribution in [3.63, 3.8) is 0 Å². The third kappa shape index (κ3) is 2.31. The second-order valence-corrected chi connectivity index (χ2v) is 6.30. The van der Waals surface area contributed by atoms with Gasteiger partial charge in [-0.2, -0.15) is 0 Å². The number of ether oxygens (including phenoxy) is 1. The molecule has 0 saturated heterocycles. The number of rotatable bonds is 1. The van der Waals surface area contributed by atoms with Gasteiger partial charge in [-0.15, -0.1) is 0 Å². The van der Waals surface area contributed by atoms with Crippen LogP contribution < -0.4 is 0 Å². The van der Waals surface area contributed by atoms with Crippen molar-refractivity contribution in [1.82, 2.24) is 0 Å². The minimum atomic E-state index is 0.0504. The molecule has 0 bridgehead atoms. The van der Waals surface area contributed by atoms with Crippen LogP contribution in [-0.2, 0) is 4.74 Å². The smallest absolute Gasteiger partial charge is 0.0602 e. The van der Waals surface area contributed by atoms with E-state index in [1.165, 1.54) is 44.9 Å². The Hall–Kier alpha value is -0.0400. The van der Waals surface area contributed by atoms with Gasteiger partial charge >= 0.3 is 0 Å². The predicted molar refractivity (Wildman–Crippen MR) is 59.4 cm³/mol. The summed E-state index contributed by atoms with van der Waals surface area (Å²) in [5.74, 6) is 0. The van der Waals surface area contributed by atoms with Crippen molar-refractivity contribution in [2.24, 2.45) is 5.41 Å². The predicted octanol–water partition coefficient (Wildman–Crippen LogP) is 3.91. The highest BCUT2D eigenvalue weighted by Crippen LogP contribution is 2.51. The molecule has 1 unspecified atom stereocenters. The Morgan fingerprint density at radius 3 is 2.29 bits per heavy atom. The van der Waals surface area contributed by atoms with Crippen LogP contribution in [0.4, 0.5) is 0 Å². The van der Waals surface area contributed by atoms with E-state index in [1.807, 2.05) is 0 Å². The topological polar surface area (TPSA) is 9.23 Å². The Bertz CT molecular complexity index is 196. The molecular weight excluding hydrogens is 172 g/mol. The zero-order valence-electron chi connectivity index (χ0n) is 9.94. The molecule has 0 aliphatic heterocycles. The van der Waals surface area contributed by atoms with Gasteiger partial charge in [0.05, 0.1) is 11.7 Å². The van der Waals surface area contributed by atoms with Crippen LogP contribution in [-0.4, -0.2) is 11.7 Å². The molecule has 0 amide bonds. The van der Waals surface area contributed by atoms with Gasteiger partial charge in [0.25, 0.3) is 0 Å². The zero-order valence-corrected chi connectivity index (χ0v) is 9.94. The Morgan fingerprint density at radius 2 is 1.71 bits per heavy atom. The lowest BCUT2D eigenvalue weighted by Crippen LogP contribution is -2.26. The Morgan fingerprint density at radius 1 is 1.07 bits per heavy atom. The molecule has 1 spiro atoms. The van der Waals surface area contributed by atoms with E-state index in [0.29, 0.717) is 11.5 Å². The SMILES string of the molecule is CC(C)(C)OC1CCC2(CCCC2)C1. The van der Waals surface area contributed by atoms with Crippen LogP contribution in [0, 0.1) is 5.41 Å². The molecule has 2 aliphatic carbocycles. The van der Waals surface area contributed by atoms with E-state index in [0.717, 1.165) is 0 Å². The molecule has 1 heteroatoms. The third-order valence-electron chi connectivity index (χ3n) is 3.84. The summed E-state index contributed by atoms with van der Waals surface area (Å²) in [6.45, 7) is 6.52. The first-order chi connectivity index (χ1) is 6.49. The Balaban J connectivity index is 1.88. The van der Waals surface area contributed by atoms with Crippen molar-refractivity contribution in [3.05, 3.63) is 0 Å². The van der Waals surface area contributed by atoms with E-state index in [-0.39, 0.29) is 5.60 Å². The molecule has 2 fully saturated rings. The minimum absolute atomic E-state index is 0.0504. The molecule has 0 heterocycles. The highest BCUT2D eigenvalue weighted by atomic mass is 16.5. The molecule has 2 saturated carbocycles. The molecule has 0 N–H and O–H groups in total. The van der Waals surface area contributed by atoms with Crippen LogP contribution in [0.1, 0.15) is 65.7 Å². The second-order valence-electron chi connectivity index (χ2n) is 6.30. The summed E-state index contributed by atoms with van der Waals surface area (Å²) in [4.78, 5) is 0. The van der Waals surface area contributed by atoms with Gasteiger partial charge in [-0.05, 0) is 58.3 Å². The van der Waals surface area contributed by atoms with Crippen LogP contribution in [0.25, 0.3) is 0 Å². The van der Waals surface area contributed by atoms with Crippen LogP contribution in [0.15, 0.2) is 0 Å². The lowest BCUT2D eigenvalue weighted by molar-refractivity contribution is -0.0602. The Labute approximate surface area is 88.2 Å². The fourth-order valence-electron chi connectivity index (χ4n) is 3.33.